The van der Waals surface area contributed by atoms with Crippen LogP contribution in [0.2, 0.25) is 0 Å². The van der Waals surface area contributed by atoms with Crippen LogP contribution in [-0.2, 0) is 6.42 Å². The molecule has 11 heavy (non-hydrogen) atoms. The molecule has 60 valence electrons. The van der Waals surface area contributed by atoms with Crippen LogP contribution in [0.15, 0.2) is 12.3 Å². The van der Waals surface area contributed by atoms with Gasteiger partial charge in [0.25, 0.3) is 0 Å². The summed E-state index contributed by atoms with van der Waals surface area (Å²) in [6.45, 7) is 4.32. The summed E-state index contributed by atoms with van der Waals surface area (Å²) in [5, 5.41) is 7.53. The number of aryl methyl sites for hydroxylation is 1. The van der Waals surface area contributed by atoms with Crippen molar-refractivity contribution in [3.8, 4) is 0 Å². The van der Waals surface area contributed by atoms with E-state index in [1.165, 1.54) is 5.69 Å². The second-order valence-electron chi connectivity index (χ2n) is 2.93. The average molecular weight is 151 g/mol. The molecule has 0 aliphatic carbocycles. The Morgan fingerprint density at radius 2 is 2.55 bits per heavy atom. The third-order valence-corrected chi connectivity index (χ3v) is 2.22. The minimum Gasteiger partial charge on any atom is -0.312 e. The van der Waals surface area contributed by atoms with E-state index < -0.39 is 0 Å². The maximum absolute atomic E-state index is 4.29. The third-order valence-electron chi connectivity index (χ3n) is 2.22. The molecule has 1 aliphatic heterocycles. The highest BCUT2D eigenvalue weighted by molar-refractivity contribution is 5.03. The van der Waals surface area contributed by atoms with Gasteiger partial charge < -0.3 is 5.32 Å². The lowest BCUT2D eigenvalue weighted by molar-refractivity contribution is 0.311. The van der Waals surface area contributed by atoms with Gasteiger partial charge in [-0.05, 0) is 12.5 Å². The van der Waals surface area contributed by atoms with E-state index in [9.17, 15) is 0 Å². The summed E-state index contributed by atoms with van der Waals surface area (Å²) in [6.07, 6.45) is 2.97. The summed E-state index contributed by atoms with van der Waals surface area (Å²) >= 11 is 0. The van der Waals surface area contributed by atoms with Crippen molar-refractivity contribution in [2.75, 3.05) is 13.1 Å². The Morgan fingerprint density at radius 3 is 3.09 bits per heavy atom. The van der Waals surface area contributed by atoms with E-state index in [1.807, 2.05) is 6.20 Å². The van der Waals surface area contributed by atoms with E-state index in [-0.39, 0.29) is 0 Å². The van der Waals surface area contributed by atoms with E-state index in [0.29, 0.717) is 6.04 Å². The smallest absolute Gasteiger partial charge is 0.0770 e. The second-order valence-corrected chi connectivity index (χ2v) is 2.93. The van der Waals surface area contributed by atoms with Crippen molar-refractivity contribution >= 4 is 0 Å². The number of hydrogen-bond acceptors (Lipinski definition) is 2. The highest BCUT2D eigenvalue weighted by atomic mass is 15.3. The number of nitrogens with one attached hydrogen (secondary N) is 1. The molecular formula is C8H13N3. The topological polar surface area (TPSA) is 29.9 Å². The Hall–Kier alpha value is -0.830. The molecule has 2 rings (SSSR count). The van der Waals surface area contributed by atoms with Crippen LogP contribution in [0.5, 0.6) is 0 Å². The van der Waals surface area contributed by atoms with Gasteiger partial charge in [0.05, 0.1) is 6.04 Å². The van der Waals surface area contributed by atoms with Crippen molar-refractivity contribution in [2.45, 2.75) is 19.4 Å². The Balaban J connectivity index is 2.20. The lowest BCUT2D eigenvalue weighted by atomic mass is 10.2. The summed E-state index contributed by atoms with van der Waals surface area (Å²) in [7, 11) is 0. The molecule has 0 atom stereocenters. The maximum Gasteiger partial charge on any atom is 0.0770 e. The fraction of sp³-hybridized carbons (Fsp3) is 0.625. The number of aromatic nitrogens is 2. The summed E-state index contributed by atoms with van der Waals surface area (Å²) in [6, 6.07) is 2.71. The normalized spacial score (nSPS) is 18.3. The van der Waals surface area contributed by atoms with Crippen LogP contribution in [0.3, 0.4) is 0 Å². The van der Waals surface area contributed by atoms with Gasteiger partial charge in [-0.3, -0.25) is 4.68 Å². The second kappa shape index (κ2) is 2.66. The average Bonchev–Trinajstić information content (AvgIpc) is 2.32. The summed E-state index contributed by atoms with van der Waals surface area (Å²) in [5.74, 6) is 0. The van der Waals surface area contributed by atoms with Gasteiger partial charge in [-0.25, -0.2) is 0 Å². The van der Waals surface area contributed by atoms with Crippen LogP contribution in [0.1, 0.15) is 18.7 Å². The fourth-order valence-electron chi connectivity index (χ4n) is 1.40. The number of rotatable bonds is 2. The molecule has 0 bridgehead atoms. The Kier molecular flexibility index (Phi) is 1.66. The van der Waals surface area contributed by atoms with Crippen LogP contribution in [0, 0.1) is 0 Å². The minimum atomic E-state index is 0.611. The summed E-state index contributed by atoms with van der Waals surface area (Å²) in [4.78, 5) is 0. The molecule has 3 heteroatoms. The molecule has 0 spiro atoms. The van der Waals surface area contributed by atoms with Crippen molar-refractivity contribution in [1.82, 2.24) is 15.1 Å². The largest absolute Gasteiger partial charge is 0.312 e. The molecule has 1 aliphatic rings. The van der Waals surface area contributed by atoms with Gasteiger partial charge in [0.1, 0.15) is 0 Å². The zero-order valence-electron chi connectivity index (χ0n) is 6.75. The predicted octanol–water partition coefficient (Wildman–Crippen LogP) is 0.590. The Bertz CT molecular complexity index is 237. The molecule has 0 unspecified atom stereocenters. The van der Waals surface area contributed by atoms with Crippen molar-refractivity contribution in [1.29, 1.82) is 0 Å². The van der Waals surface area contributed by atoms with Crippen LogP contribution in [0.25, 0.3) is 0 Å². The van der Waals surface area contributed by atoms with E-state index in [2.05, 4.69) is 28.1 Å². The van der Waals surface area contributed by atoms with Crippen LogP contribution < -0.4 is 5.32 Å². The first-order chi connectivity index (χ1) is 5.42. The highest BCUT2D eigenvalue weighted by Crippen LogP contribution is 2.13. The molecule has 0 amide bonds. The molecule has 1 N–H and O–H groups in total. The van der Waals surface area contributed by atoms with E-state index in [0.717, 1.165) is 19.5 Å². The van der Waals surface area contributed by atoms with Gasteiger partial charge in [-0.1, -0.05) is 6.92 Å². The molecule has 3 nitrogen and oxygen atoms in total. The highest BCUT2D eigenvalue weighted by Gasteiger charge is 2.20. The molecule has 2 heterocycles. The summed E-state index contributed by atoms with van der Waals surface area (Å²) in [5.41, 5.74) is 1.34. The fourth-order valence-corrected chi connectivity index (χ4v) is 1.40. The first-order valence-corrected chi connectivity index (χ1v) is 4.15. The Labute approximate surface area is 66.4 Å². The standard InChI is InChI=1S/C8H13N3/c1-2-7-3-4-10-11(7)8-5-9-6-8/h3-4,8-9H,2,5-6H2,1H3. The van der Waals surface area contributed by atoms with Gasteiger partial charge in [0, 0.05) is 25.0 Å². The molecule has 1 aromatic heterocycles. The lowest BCUT2D eigenvalue weighted by Gasteiger charge is -2.28. The van der Waals surface area contributed by atoms with Crippen molar-refractivity contribution in [2.24, 2.45) is 0 Å². The lowest BCUT2D eigenvalue weighted by Crippen LogP contribution is -2.44. The zero-order valence-corrected chi connectivity index (χ0v) is 6.75. The van der Waals surface area contributed by atoms with Gasteiger partial charge in [0.2, 0.25) is 0 Å². The van der Waals surface area contributed by atoms with Crippen molar-refractivity contribution < 1.29 is 0 Å². The molecular weight excluding hydrogens is 138 g/mol. The maximum atomic E-state index is 4.29. The first kappa shape index (κ1) is 6.85. The van der Waals surface area contributed by atoms with Gasteiger partial charge >= 0.3 is 0 Å². The molecule has 0 aromatic carbocycles. The van der Waals surface area contributed by atoms with Crippen LogP contribution in [0.4, 0.5) is 0 Å². The van der Waals surface area contributed by atoms with Gasteiger partial charge in [-0.2, -0.15) is 5.10 Å². The first-order valence-electron chi connectivity index (χ1n) is 4.15. The quantitative estimate of drug-likeness (QED) is 0.670. The third kappa shape index (κ3) is 1.05. The predicted molar refractivity (Wildman–Crippen MR) is 43.5 cm³/mol. The molecule has 0 radical (unpaired) electrons. The molecule has 1 fully saturated rings. The molecule has 0 saturated carbocycles. The van der Waals surface area contributed by atoms with Crippen LogP contribution >= 0.6 is 0 Å². The van der Waals surface area contributed by atoms with E-state index >= 15 is 0 Å². The van der Waals surface area contributed by atoms with Gasteiger partial charge in [0.15, 0.2) is 0 Å². The molecule has 1 saturated heterocycles. The van der Waals surface area contributed by atoms with Gasteiger partial charge in [-0.15, -0.1) is 0 Å². The Morgan fingerprint density at radius 1 is 1.73 bits per heavy atom. The number of hydrogen-bond donors (Lipinski definition) is 1. The van der Waals surface area contributed by atoms with E-state index in [1.54, 1.807) is 0 Å². The van der Waals surface area contributed by atoms with E-state index in [4.69, 9.17) is 0 Å². The minimum absolute atomic E-state index is 0.611. The SMILES string of the molecule is CCc1ccnn1C1CNC1. The molecule has 1 aromatic rings. The van der Waals surface area contributed by atoms with Crippen LogP contribution in [-0.4, -0.2) is 22.9 Å². The number of nitrogens with zero attached hydrogens (tertiary/aromatic N) is 2. The monoisotopic (exact) mass is 151 g/mol. The summed E-state index contributed by atoms with van der Waals surface area (Å²) < 4.78 is 2.14. The van der Waals surface area contributed by atoms with Crippen molar-refractivity contribution in [3.63, 3.8) is 0 Å². The van der Waals surface area contributed by atoms with Crippen molar-refractivity contribution in [3.05, 3.63) is 18.0 Å². The zero-order chi connectivity index (χ0) is 7.68.